The second-order valence-electron chi connectivity index (χ2n) is 7.74. The highest BCUT2D eigenvalue weighted by Crippen LogP contribution is 2.34. The highest BCUT2D eigenvalue weighted by molar-refractivity contribution is 5.93. The van der Waals surface area contributed by atoms with E-state index in [-0.39, 0.29) is 17.9 Å². The minimum atomic E-state index is -0.0432. The Bertz CT molecular complexity index is 870. The fourth-order valence-electron chi connectivity index (χ4n) is 4.56. The second kappa shape index (κ2) is 7.22. The lowest BCUT2D eigenvalue weighted by atomic mass is 9.77. The van der Waals surface area contributed by atoms with Crippen LogP contribution < -0.4 is 5.32 Å². The van der Waals surface area contributed by atoms with Crippen LogP contribution >= 0.6 is 0 Å². The van der Waals surface area contributed by atoms with E-state index in [0.29, 0.717) is 18.2 Å². The summed E-state index contributed by atoms with van der Waals surface area (Å²) < 4.78 is 1.95. The molecular formula is C22H27N3O2. The molecule has 2 aliphatic rings. The molecule has 1 aliphatic carbocycles. The van der Waals surface area contributed by atoms with Gasteiger partial charge in [-0.05, 0) is 48.9 Å². The molecule has 0 saturated carbocycles. The number of fused-ring (bicyclic) bond motifs is 1. The maximum atomic E-state index is 12.7. The topological polar surface area (TPSA) is 54.3 Å². The largest absolute Gasteiger partial charge is 0.350 e. The fraction of sp³-hybridized carbons (Fsp3) is 0.455. The second-order valence-corrected chi connectivity index (χ2v) is 7.74. The Morgan fingerprint density at radius 2 is 1.96 bits per heavy atom. The van der Waals surface area contributed by atoms with Crippen LogP contribution in [0.5, 0.6) is 0 Å². The summed E-state index contributed by atoms with van der Waals surface area (Å²) in [5.74, 6) is 0.477. The number of likely N-dealkylation sites (tertiary alicyclic amines) is 1. The predicted molar refractivity (Wildman–Crippen MR) is 105 cm³/mol. The van der Waals surface area contributed by atoms with Crippen molar-refractivity contribution in [1.29, 1.82) is 0 Å². The molecular weight excluding hydrogens is 338 g/mol. The van der Waals surface area contributed by atoms with Crippen LogP contribution in [0.3, 0.4) is 0 Å². The minimum Gasteiger partial charge on any atom is -0.350 e. The highest BCUT2D eigenvalue weighted by Gasteiger charge is 2.29. The Morgan fingerprint density at radius 1 is 1.15 bits per heavy atom. The van der Waals surface area contributed by atoms with E-state index in [1.165, 1.54) is 11.1 Å². The first-order valence-electron chi connectivity index (χ1n) is 9.85. The maximum Gasteiger partial charge on any atom is 0.267 e. The van der Waals surface area contributed by atoms with Crippen molar-refractivity contribution < 1.29 is 9.59 Å². The summed E-state index contributed by atoms with van der Waals surface area (Å²) in [6.45, 7) is 3.10. The van der Waals surface area contributed by atoms with Crippen LogP contribution in [-0.2, 0) is 18.3 Å². The van der Waals surface area contributed by atoms with Crippen molar-refractivity contribution in [3.05, 3.63) is 58.9 Å². The van der Waals surface area contributed by atoms with Crippen LogP contribution in [0.25, 0.3) is 0 Å². The molecule has 1 N–H and O–H groups in total. The van der Waals surface area contributed by atoms with Gasteiger partial charge in [-0.15, -0.1) is 0 Å². The van der Waals surface area contributed by atoms with Gasteiger partial charge in [0.25, 0.3) is 5.91 Å². The van der Waals surface area contributed by atoms with Crippen LogP contribution in [0.2, 0.25) is 0 Å². The quantitative estimate of drug-likeness (QED) is 0.905. The number of benzene rings is 1. The molecule has 0 radical (unpaired) electrons. The Kier molecular flexibility index (Phi) is 4.77. The van der Waals surface area contributed by atoms with Crippen LogP contribution in [0.1, 0.15) is 65.5 Å². The van der Waals surface area contributed by atoms with Crippen molar-refractivity contribution in [3.8, 4) is 0 Å². The number of piperidine rings is 1. The molecule has 2 atom stereocenters. The summed E-state index contributed by atoms with van der Waals surface area (Å²) >= 11 is 0. The molecule has 27 heavy (non-hydrogen) atoms. The number of hydrogen-bond donors (Lipinski definition) is 1. The third-order valence-corrected chi connectivity index (χ3v) is 6.11. The van der Waals surface area contributed by atoms with Gasteiger partial charge in [0.2, 0.25) is 5.91 Å². The van der Waals surface area contributed by atoms with Crippen LogP contribution in [0.4, 0.5) is 0 Å². The molecule has 5 heteroatoms. The average molecular weight is 365 g/mol. The number of carbonyl (C=O) groups excluding carboxylic acids is 2. The third-order valence-electron chi connectivity index (χ3n) is 6.11. The molecule has 1 saturated heterocycles. The van der Waals surface area contributed by atoms with Crippen molar-refractivity contribution in [2.45, 2.75) is 44.6 Å². The summed E-state index contributed by atoms with van der Waals surface area (Å²) in [6, 6.07) is 12.4. The standard InChI is InChI=1S/C22H27N3O2/c1-15(26)25-12-6-5-9-20(25)19-10-11-21(24(19)2)22(27)23-14-17-13-16-7-3-4-8-18(16)17/h3-4,7-8,10-11,17,20H,5-6,9,12-14H2,1-2H3,(H,23,27)/t17-,20+/m0/s1. The van der Waals surface area contributed by atoms with E-state index < -0.39 is 0 Å². The van der Waals surface area contributed by atoms with E-state index in [1.807, 2.05) is 28.6 Å². The van der Waals surface area contributed by atoms with E-state index >= 15 is 0 Å². The molecule has 1 aliphatic heterocycles. The molecule has 5 nitrogen and oxygen atoms in total. The van der Waals surface area contributed by atoms with Crippen molar-refractivity contribution in [3.63, 3.8) is 0 Å². The molecule has 1 fully saturated rings. The van der Waals surface area contributed by atoms with Crippen molar-refractivity contribution in [1.82, 2.24) is 14.8 Å². The Hall–Kier alpha value is -2.56. The first-order chi connectivity index (χ1) is 13.1. The molecule has 0 bridgehead atoms. The van der Waals surface area contributed by atoms with E-state index in [2.05, 4.69) is 29.6 Å². The van der Waals surface area contributed by atoms with Crippen molar-refractivity contribution in [2.24, 2.45) is 7.05 Å². The number of nitrogens with zero attached hydrogens (tertiary/aromatic N) is 2. The first-order valence-corrected chi connectivity index (χ1v) is 9.85. The summed E-state index contributed by atoms with van der Waals surface area (Å²) in [5.41, 5.74) is 4.44. The zero-order valence-electron chi connectivity index (χ0n) is 16.1. The van der Waals surface area contributed by atoms with Gasteiger partial charge in [0, 0.05) is 38.7 Å². The SMILES string of the molecule is CC(=O)N1CCCC[C@@H]1c1ccc(C(=O)NC[C@@H]2Cc3ccccc32)n1C. The zero-order valence-corrected chi connectivity index (χ0v) is 16.1. The number of amides is 2. The molecule has 2 aromatic rings. The predicted octanol–water partition coefficient (Wildman–Crippen LogP) is 3.17. The molecule has 4 rings (SSSR count). The zero-order chi connectivity index (χ0) is 19.0. The van der Waals surface area contributed by atoms with E-state index in [1.54, 1.807) is 6.92 Å². The minimum absolute atomic E-state index is 0.0432. The number of aromatic nitrogens is 1. The Labute approximate surface area is 160 Å². The molecule has 1 aromatic heterocycles. The van der Waals surface area contributed by atoms with E-state index in [0.717, 1.165) is 37.9 Å². The van der Waals surface area contributed by atoms with E-state index in [4.69, 9.17) is 0 Å². The van der Waals surface area contributed by atoms with Gasteiger partial charge in [0.05, 0.1) is 6.04 Å². The highest BCUT2D eigenvalue weighted by atomic mass is 16.2. The summed E-state index contributed by atoms with van der Waals surface area (Å²) in [7, 11) is 1.93. The number of nitrogens with one attached hydrogen (secondary N) is 1. The van der Waals surface area contributed by atoms with Crippen LogP contribution in [0.15, 0.2) is 36.4 Å². The summed E-state index contributed by atoms with van der Waals surface area (Å²) in [4.78, 5) is 26.6. The fourth-order valence-corrected chi connectivity index (χ4v) is 4.56. The smallest absolute Gasteiger partial charge is 0.267 e. The van der Waals surface area contributed by atoms with Gasteiger partial charge in [-0.25, -0.2) is 0 Å². The lowest BCUT2D eigenvalue weighted by molar-refractivity contribution is -0.132. The van der Waals surface area contributed by atoms with Gasteiger partial charge in [0.15, 0.2) is 0 Å². The van der Waals surface area contributed by atoms with Crippen LogP contribution in [0, 0.1) is 0 Å². The molecule has 2 amide bonds. The summed E-state index contributed by atoms with van der Waals surface area (Å²) in [6.07, 6.45) is 4.15. The molecule has 1 aromatic carbocycles. The van der Waals surface area contributed by atoms with Gasteiger partial charge in [0.1, 0.15) is 5.69 Å². The molecule has 2 heterocycles. The monoisotopic (exact) mass is 365 g/mol. The van der Waals surface area contributed by atoms with E-state index in [9.17, 15) is 9.59 Å². The maximum absolute atomic E-state index is 12.7. The first kappa shape index (κ1) is 17.8. The number of carbonyl (C=O) groups is 2. The Balaban J connectivity index is 1.44. The van der Waals surface area contributed by atoms with Gasteiger partial charge in [-0.1, -0.05) is 24.3 Å². The number of rotatable bonds is 4. The van der Waals surface area contributed by atoms with Gasteiger partial charge in [-0.2, -0.15) is 0 Å². The average Bonchev–Trinajstić information content (AvgIpc) is 3.03. The summed E-state index contributed by atoms with van der Waals surface area (Å²) in [5, 5.41) is 3.09. The molecule has 0 unspecified atom stereocenters. The van der Waals surface area contributed by atoms with Crippen molar-refractivity contribution in [2.75, 3.05) is 13.1 Å². The lowest BCUT2D eigenvalue weighted by Gasteiger charge is -2.35. The number of hydrogen-bond acceptors (Lipinski definition) is 2. The third kappa shape index (κ3) is 3.27. The Morgan fingerprint density at radius 3 is 2.74 bits per heavy atom. The van der Waals surface area contributed by atoms with Gasteiger partial charge >= 0.3 is 0 Å². The molecule has 0 spiro atoms. The van der Waals surface area contributed by atoms with Crippen LogP contribution in [-0.4, -0.2) is 34.4 Å². The lowest BCUT2D eigenvalue weighted by Crippen LogP contribution is -2.38. The van der Waals surface area contributed by atoms with Crippen molar-refractivity contribution >= 4 is 11.8 Å². The van der Waals surface area contributed by atoms with Gasteiger partial charge < -0.3 is 14.8 Å². The molecule has 142 valence electrons. The van der Waals surface area contributed by atoms with Gasteiger partial charge in [-0.3, -0.25) is 9.59 Å². The normalized spacial score (nSPS) is 21.3.